The van der Waals surface area contributed by atoms with Crippen molar-refractivity contribution in [3.8, 4) is 11.4 Å². The van der Waals surface area contributed by atoms with Crippen LogP contribution >= 0.6 is 0 Å². The third-order valence-electron chi connectivity index (χ3n) is 4.65. The van der Waals surface area contributed by atoms with Crippen molar-refractivity contribution < 1.29 is 14.1 Å². The fourth-order valence-corrected chi connectivity index (χ4v) is 2.99. The monoisotopic (exact) mass is 405 g/mol. The first-order valence-corrected chi connectivity index (χ1v) is 9.50. The number of carbonyl (C=O) groups excluding carboxylic acids is 1. The van der Waals surface area contributed by atoms with Crippen molar-refractivity contribution >= 4 is 28.6 Å². The summed E-state index contributed by atoms with van der Waals surface area (Å²) in [5.74, 6) is 1.83. The van der Waals surface area contributed by atoms with Gasteiger partial charge in [-0.25, -0.2) is 9.78 Å². The SMILES string of the molecule is COc1ccc2ncn(-c3ccc(NC(=O)Nc4cc(C(C)(C)C)on4)cc3)c2c1. The molecule has 4 aromatic rings. The number of hydrogen-bond donors (Lipinski definition) is 2. The molecule has 8 heteroatoms. The Labute approximate surface area is 173 Å². The number of rotatable bonds is 4. The van der Waals surface area contributed by atoms with E-state index in [2.05, 4.69) is 20.8 Å². The van der Waals surface area contributed by atoms with Crippen LogP contribution in [0.2, 0.25) is 0 Å². The van der Waals surface area contributed by atoms with Gasteiger partial charge in [-0.3, -0.25) is 9.88 Å². The zero-order chi connectivity index (χ0) is 21.3. The number of fused-ring (bicyclic) bond motifs is 1. The Kier molecular flexibility index (Phi) is 4.91. The van der Waals surface area contributed by atoms with Crippen LogP contribution in [0, 0.1) is 0 Å². The Bertz CT molecular complexity index is 1190. The maximum atomic E-state index is 12.3. The molecule has 0 radical (unpaired) electrons. The van der Waals surface area contributed by atoms with E-state index < -0.39 is 6.03 Å². The number of nitrogens with zero attached hydrogens (tertiary/aromatic N) is 3. The first-order valence-electron chi connectivity index (χ1n) is 9.50. The van der Waals surface area contributed by atoms with E-state index in [-0.39, 0.29) is 5.41 Å². The first kappa shape index (κ1) is 19.5. The molecule has 0 aliphatic rings. The number of anilines is 2. The third-order valence-corrected chi connectivity index (χ3v) is 4.65. The van der Waals surface area contributed by atoms with E-state index >= 15 is 0 Å². The van der Waals surface area contributed by atoms with Crippen LogP contribution in [0.4, 0.5) is 16.3 Å². The van der Waals surface area contributed by atoms with Gasteiger partial charge in [-0.15, -0.1) is 0 Å². The Morgan fingerprint density at radius 2 is 1.83 bits per heavy atom. The lowest BCUT2D eigenvalue weighted by molar-refractivity contribution is 0.262. The van der Waals surface area contributed by atoms with Crippen LogP contribution in [-0.2, 0) is 5.41 Å². The summed E-state index contributed by atoms with van der Waals surface area (Å²) in [6, 6.07) is 14.5. The number of methoxy groups -OCH3 is 1. The van der Waals surface area contributed by atoms with E-state index in [1.54, 1.807) is 19.5 Å². The zero-order valence-electron chi connectivity index (χ0n) is 17.3. The normalized spacial score (nSPS) is 11.5. The highest BCUT2D eigenvalue weighted by Crippen LogP contribution is 2.25. The van der Waals surface area contributed by atoms with E-state index in [9.17, 15) is 4.79 Å². The van der Waals surface area contributed by atoms with Gasteiger partial charge in [0.25, 0.3) is 0 Å². The van der Waals surface area contributed by atoms with Gasteiger partial charge < -0.3 is 14.6 Å². The van der Waals surface area contributed by atoms with E-state index in [1.165, 1.54) is 0 Å². The third kappa shape index (κ3) is 3.98. The smallest absolute Gasteiger partial charge is 0.324 e. The molecule has 2 amide bonds. The number of hydrogen-bond acceptors (Lipinski definition) is 5. The number of aromatic nitrogens is 3. The van der Waals surface area contributed by atoms with Gasteiger partial charge in [0, 0.05) is 28.9 Å². The Morgan fingerprint density at radius 1 is 1.07 bits per heavy atom. The number of benzene rings is 2. The number of amides is 2. The van der Waals surface area contributed by atoms with Crippen molar-refractivity contribution in [1.29, 1.82) is 0 Å². The summed E-state index contributed by atoms with van der Waals surface area (Å²) in [6.45, 7) is 6.04. The molecule has 0 aliphatic carbocycles. The maximum Gasteiger partial charge on any atom is 0.324 e. The topological polar surface area (TPSA) is 94.2 Å². The highest BCUT2D eigenvalue weighted by Gasteiger charge is 2.20. The number of nitrogens with one attached hydrogen (secondary N) is 2. The average molecular weight is 405 g/mol. The molecule has 0 aliphatic heterocycles. The molecule has 2 aromatic carbocycles. The minimum absolute atomic E-state index is 0.180. The summed E-state index contributed by atoms with van der Waals surface area (Å²) in [6.07, 6.45) is 1.76. The predicted molar refractivity (Wildman–Crippen MR) is 115 cm³/mol. The highest BCUT2D eigenvalue weighted by atomic mass is 16.5. The molecule has 2 aromatic heterocycles. The van der Waals surface area contributed by atoms with Crippen LogP contribution in [0.25, 0.3) is 16.7 Å². The lowest BCUT2D eigenvalue weighted by Gasteiger charge is -2.12. The number of imidazole rings is 1. The van der Waals surface area contributed by atoms with E-state index in [0.29, 0.717) is 17.3 Å². The summed E-state index contributed by atoms with van der Waals surface area (Å²) < 4.78 is 12.5. The van der Waals surface area contributed by atoms with Crippen molar-refractivity contribution in [2.45, 2.75) is 26.2 Å². The summed E-state index contributed by atoms with van der Waals surface area (Å²) in [7, 11) is 1.64. The lowest BCUT2D eigenvalue weighted by Crippen LogP contribution is -2.19. The van der Waals surface area contributed by atoms with Gasteiger partial charge >= 0.3 is 6.03 Å². The second kappa shape index (κ2) is 7.55. The molecule has 30 heavy (non-hydrogen) atoms. The van der Waals surface area contributed by atoms with Crippen molar-refractivity contribution in [1.82, 2.24) is 14.7 Å². The fourth-order valence-electron chi connectivity index (χ4n) is 2.99. The zero-order valence-corrected chi connectivity index (χ0v) is 17.3. The summed E-state index contributed by atoms with van der Waals surface area (Å²) in [4.78, 5) is 16.7. The Hall–Kier alpha value is -3.81. The highest BCUT2D eigenvalue weighted by molar-refractivity contribution is 5.99. The average Bonchev–Trinajstić information content (AvgIpc) is 3.35. The molecule has 4 rings (SSSR count). The molecule has 0 spiro atoms. The van der Waals surface area contributed by atoms with Gasteiger partial charge in [-0.1, -0.05) is 25.9 Å². The van der Waals surface area contributed by atoms with Crippen LogP contribution in [0.1, 0.15) is 26.5 Å². The molecule has 2 N–H and O–H groups in total. The first-order chi connectivity index (χ1) is 14.3. The van der Waals surface area contributed by atoms with Crippen LogP contribution in [0.15, 0.2) is 59.4 Å². The van der Waals surface area contributed by atoms with Crippen molar-refractivity contribution in [3.63, 3.8) is 0 Å². The number of urea groups is 1. The van der Waals surface area contributed by atoms with Gasteiger partial charge in [0.2, 0.25) is 0 Å². The van der Waals surface area contributed by atoms with Gasteiger partial charge in [-0.2, -0.15) is 0 Å². The minimum Gasteiger partial charge on any atom is -0.497 e. The molecular formula is C22H23N5O3. The Morgan fingerprint density at radius 3 is 2.50 bits per heavy atom. The van der Waals surface area contributed by atoms with Gasteiger partial charge in [-0.05, 0) is 36.4 Å². The molecular weight excluding hydrogens is 382 g/mol. The van der Waals surface area contributed by atoms with Crippen molar-refractivity contribution in [3.05, 3.63) is 60.6 Å². The van der Waals surface area contributed by atoms with E-state index in [1.807, 2.05) is 67.8 Å². The summed E-state index contributed by atoms with van der Waals surface area (Å²) in [5, 5.41) is 9.36. The molecule has 0 atom stereocenters. The largest absolute Gasteiger partial charge is 0.497 e. The lowest BCUT2D eigenvalue weighted by atomic mass is 9.93. The fraction of sp³-hybridized carbons (Fsp3) is 0.227. The minimum atomic E-state index is -0.394. The molecule has 0 unspecified atom stereocenters. The molecule has 0 bridgehead atoms. The summed E-state index contributed by atoms with van der Waals surface area (Å²) in [5.41, 5.74) is 3.20. The van der Waals surface area contributed by atoms with E-state index in [4.69, 9.17) is 9.26 Å². The van der Waals surface area contributed by atoms with Crippen molar-refractivity contribution in [2.75, 3.05) is 17.7 Å². The molecule has 154 valence electrons. The Balaban J connectivity index is 1.46. The van der Waals surface area contributed by atoms with E-state index in [0.717, 1.165) is 22.5 Å². The predicted octanol–water partition coefficient (Wildman–Crippen LogP) is 4.96. The molecule has 2 heterocycles. The molecule has 0 fully saturated rings. The maximum absolute atomic E-state index is 12.3. The van der Waals surface area contributed by atoms with Crippen LogP contribution in [0.3, 0.4) is 0 Å². The molecule has 0 saturated carbocycles. The number of ether oxygens (including phenoxy) is 1. The molecule has 8 nitrogen and oxygen atoms in total. The quantitative estimate of drug-likeness (QED) is 0.500. The van der Waals surface area contributed by atoms with Crippen LogP contribution in [-0.4, -0.2) is 27.8 Å². The van der Waals surface area contributed by atoms with Gasteiger partial charge in [0.15, 0.2) is 5.82 Å². The second-order valence-electron chi connectivity index (χ2n) is 7.92. The molecule has 0 saturated heterocycles. The van der Waals surface area contributed by atoms with Crippen molar-refractivity contribution in [2.24, 2.45) is 0 Å². The summed E-state index contributed by atoms with van der Waals surface area (Å²) >= 11 is 0. The van der Waals surface area contributed by atoms with Crippen LogP contribution < -0.4 is 15.4 Å². The standard InChI is InChI=1S/C22H23N5O3/c1-22(2,3)19-12-20(26-30-19)25-21(28)24-14-5-7-15(8-6-14)27-13-23-17-10-9-16(29-4)11-18(17)27/h5-13H,1-4H3,(H2,24,25,26,28). The van der Waals surface area contributed by atoms with Crippen LogP contribution in [0.5, 0.6) is 5.75 Å². The van der Waals surface area contributed by atoms with Gasteiger partial charge in [0.1, 0.15) is 17.8 Å². The second-order valence-corrected chi connectivity index (χ2v) is 7.92. The van der Waals surface area contributed by atoms with Gasteiger partial charge in [0.05, 0.1) is 18.1 Å². The number of carbonyl (C=O) groups is 1.